The Hall–Kier alpha value is -2.82. The Morgan fingerprint density at radius 2 is 1.54 bits per heavy atom. The van der Waals surface area contributed by atoms with Crippen molar-refractivity contribution in [3.63, 3.8) is 0 Å². The molecule has 0 fully saturated rings. The molecule has 2 amide bonds. The first-order chi connectivity index (χ1) is 13.3. The zero-order valence-corrected chi connectivity index (χ0v) is 17.6. The SMILES string of the molecule is CCN(CC)c1ccc(N(CCC(=O)Nc2ccc(C)cc2C)C(C)=O)cc1. The van der Waals surface area contributed by atoms with E-state index in [1.165, 1.54) is 6.92 Å². The van der Waals surface area contributed by atoms with Gasteiger partial charge in [-0.05, 0) is 63.6 Å². The van der Waals surface area contributed by atoms with E-state index in [2.05, 4.69) is 24.1 Å². The number of carbonyl (C=O) groups excluding carboxylic acids is 2. The van der Waals surface area contributed by atoms with Gasteiger partial charge in [0.25, 0.3) is 0 Å². The summed E-state index contributed by atoms with van der Waals surface area (Å²) in [5.41, 5.74) is 4.94. The first-order valence-corrected chi connectivity index (χ1v) is 9.85. The number of nitrogens with zero attached hydrogens (tertiary/aromatic N) is 2. The van der Waals surface area contributed by atoms with Crippen molar-refractivity contribution in [3.8, 4) is 0 Å². The van der Waals surface area contributed by atoms with Crippen LogP contribution in [0.1, 0.15) is 38.3 Å². The molecule has 0 aliphatic heterocycles. The van der Waals surface area contributed by atoms with Gasteiger partial charge >= 0.3 is 0 Å². The molecule has 5 heteroatoms. The average molecular weight is 382 g/mol. The highest BCUT2D eigenvalue weighted by Gasteiger charge is 2.14. The summed E-state index contributed by atoms with van der Waals surface area (Å²) in [6.07, 6.45) is 0.241. The topological polar surface area (TPSA) is 52.6 Å². The second kappa shape index (κ2) is 9.93. The molecular formula is C23H31N3O2. The van der Waals surface area contributed by atoms with Gasteiger partial charge in [0, 0.05) is 50.0 Å². The molecule has 0 heterocycles. The molecule has 1 N–H and O–H groups in total. The van der Waals surface area contributed by atoms with Gasteiger partial charge in [0.15, 0.2) is 0 Å². The third-order valence-electron chi connectivity index (χ3n) is 4.89. The third-order valence-corrected chi connectivity index (χ3v) is 4.89. The predicted octanol–water partition coefficient (Wildman–Crippen LogP) is 4.53. The molecule has 0 aliphatic rings. The van der Waals surface area contributed by atoms with Crippen molar-refractivity contribution in [1.82, 2.24) is 0 Å². The van der Waals surface area contributed by atoms with Crippen LogP contribution in [-0.2, 0) is 9.59 Å². The summed E-state index contributed by atoms with van der Waals surface area (Å²) >= 11 is 0. The zero-order valence-electron chi connectivity index (χ0n) is 17.6. The number of hydrogen-bond donors (Lipinski definition) is 1. The summed E-state index contributed by atoms with van der Waals surface area (Å²) in [5, 5.41) is 2.94. The molecular weight excluding hydrogens is 350 g/mol. The smallest absolute Gasteiger partial charge is 0.226 e. The lowest BCUT2D eigenvalue weighted by Gasteiger charge is -2.24. The monoisotopic (exact) mass is 381 g/mol. The summed E-state index contributed by atoms with van der Waals surface area (Å²) in [4.78, 5) is 28.4. The predicted molar refractivity (Wildman–Crippen MR) is 117 cm³/mol. The molecule has 0 atom stereocenters. The molecule has 0 radical (unpaired) electrons. The minimum absolute atomic E-state index is 0.0742. The largest absolute Gasteiger partial charge is 0.372 e. The fraction of sp³-hybridized carbons (Fsp3) is 0.391. The summed E-state index contributed by atoms with van der Waals surface area (Å²) in [7, 11) is 0. The van der Waals surface area contributed by atoms with Crippen molar-refractivity contribution < 1.29 is 9.59 Å². The Morgan fingerprint density at radius 3 is 2.07 bits per heavy atom. The van der Waals surface area contributed by atoms with Gasteiger partial charge in [-0.25, -0.2) is 0 Å². The summed E-state index contributed by atoms with van der Waals surface area (Å²) in [6.45, 7) is 12.0. The molecule has 0 saturated carbocycles. The lowest BCUT2D eigenvalue weighted by molar-refractivity contribution is -0.117. The molecule has 0 saturated heterocycles. The number of amides is 2. The van der Waals surface area contributed by atoms with Crippen LogP contribution in [0, 0.1) is 13.8 Å². The number of benzene rings is 2. The summed E-state index contributed by atoms with van der Waals surface area (Å²) in [6, 6.07) is 13.9. The van der Waals surface area contributed by atoms with E-state index in [1.807, 2.05) is 56.3 Å². The summed E-state index contributed by atoms with van der Waals surface area (Å²) in [5.74, 6) is -0.173. The Bertz CT molecular complexity index is 811. The molecule has 0 spiro atoms. The maximum atomic E-state index is 12.4. The molecule has 2 aromatic carbocycles. The van der Waals surface area contributed by atoms with E-state index in [9.17, 15) is 9.59 Å². The number of anilines is 3. The zero-order chi connectivity index (χ0) is 20.7. The van der Waals surface area contributed by atoms with Gasteiger partial charge in [0.2, 0.25) is 11.8 Å². The maximum absolute atomic E-state index is 12.4. The Kier molecular flexibility index (Phi) is 7.61. The van der Waals surface area contributed by atoms with Gasteiger partial charge in [-0.3, -0.25) is 9.59 Å². The highest BCUT2D eigenvalue weighted by Crippen LogP contribution is 2.22. The van der Waals surface area contributed by atoms with Crippen molar-refractivity contribution in [3.05, 3.63) is 53.6 Å². The van der Waals surface area contributed by atoms with Gasteiger partial charge in [0.1, 0.15) is 0 Å². The Labute approximate surface area is 168 Å². The number of aryl methyl sites for hydroxylation is 2. The van der Waals surface area contributed by atoms with Crippen LogP contribution in [0.15, 0.2) is 42.5 Å². The average Bonchev–Trinajstić information content (AvgIpc) is 2.66. The lowest BCUT2D eigenvalue weighted by Crippen LogP contribution is -2.32. The second-order valence-corrected chi connectivity index (χ2v) is 6.98. The van der Waals surface area contributed by atoms with E-state index >= 15 is 0 Å². The van der Waals surface area contributed by atoms with E-state index in [1.54, 1.807) is 4.90 Å². The fourth-order valence-corrected chi connectivity index (χ4v) is 3.28. The van der Waals surface area contributed by atoms with E-state index in [0.29, 0.717) is 6.54 Å². The first kappa shape index (κ1) is 21.5. The van der Waals surface area contributed by atoms with Crippen LogP contribution in [0.4, 0.5) is 17.1 Å². The number of rotatable bonds is 8. The van der Waals surface area contributed by atoms with Gasteiger partial charge in [-0.15, -0.1) is 0 Å². The van der Waals surface area contributed by atoms with Crippen molar-refractivity contribution in [2.45, 2.75) is 41.0 Å². The Morgan fingerprint density at radius 1 is 0.929 bits per heavy atom. The molecule has 0 aliphatic carbocycles. The minimum atomic E-state index is -0.0991. The third kappa shape index (κ3) is 5.59. The van der Waals surface area contributed by atoms with Crippen LogP contribution >= 0.6 is 0 Å². The normalized spacial score (nSPS) is 10.5. The van der Waals surface area contributed by atoms with Gasteiger partial charge < -0.3 is 15.1 Å². The number of hydrogen-bond acceptors (Lipinski definition) is 3. The van der Waals surface area contributed by atoms with Crippen LogP contribution in [-0.4, -0.2) is 31.4 Å². The van der Waals surface area contributed by atoms with E-state index in [0.717, 1.165) is 41.3 Å². The van der Waals surface area contributed by atoms with Crippen LogP contribution in [0.2, 0.25) is 0 Å². The maximum Gasteiger partial charge on any atom is 0.226 e. The molecule has 0 bridgehead atoms. The number of carbonyl (C=O) groups is 2. The minimum Gasteiger partial charge on any atom is -0.372 e. The van der Waals surface area contributed by atoms with Crippen molar-refractivity contribution in [1.29, 1.82) is 0 Å². The molecule has 2 aromatic rings. The lowest BCUT2D eigenvalue weighted by atomic mass is 10.1. The number of nitrogens with one attached hydrogen (secondary N) is 1. The quantitative estimate of drug-likeness (QED) is 0.731. The van der Waals surface area contributed by atoms with Crippen molar-refractivity contribution >= 4 is 28.9 Å². The highest BCUT2D eigenvalue weighted by molar-refractivity contribution is 5.95. The van der Waals surface area contributed by atoms with Crippen molar-refractivity contribution in [2.24, 2.45) is 0 Å². The fourth-order valence-electron chi connectivity index (χ4n) is 3.28. The molecule has 5 nitrogen and oxygen atoms in total. The molecule has 0 unspecified atom stereocenters. The van der Waals surface area contributed by atoms with Gasteiger partial charge in [-0.1, -0.05) is 17.7 Å². The van der Waals surface area contributed by atoms with E-state index in [-0.39, 0.29) is 18.2 Å². The molecule has 150 valence electrons. The van der Waals surface area contributed by atoms with Crippen LogP contribution < -0.4 is 15.1 Å². The molecule has 28 heavy (non-hydrogen) atoms. The standard InChI is InChI=1S/C23H31N3O2/c1-6-25(7-2)20-9-11-21(12-10-20)26(19(5)27)15-14-23(28)24-22-13-8-17(3)16-18(22)4/h8-13,16H,6-7,14-15H2,1-5H3,(H,24,28). The molecule has 0 aromatic heterocycles. The van der Waals surface area contributed by atoms with E-state index in [4.69, 9.17) is 0 Å². The van der Waals surface area contributed by atoms with E-state index < -0.39 is 0 Å². The van der Waals surface area contributed by atoms with Crippen LogP contribution in [0.3, 0.4) is 0 Å². The van der Waals surface area contributed by atoms with Crippen LogP contribution in [0.25, 0.3) is 0 Å². The van der Waals surface area contributed by atoms with Crippen LogP contribution in [0.5, 0.6) is 0 Å². The highest BCUT2D eigenvalue weighted by atomic mass is 16.2. The second-order valence-electron chi connectivity index (χ2n) is 6.98. The Balaban J connectivity index is 2.02. The summed E-state index contributed by atoms with van der Waals surface area (Å²) < 4.78 is 0. The van der Waals surface area contributed by atoms with Crippen molar-refractivity contribution in [2.75, 3.05) is 34.8 Å². The van der Waals surface area contributed by atoms with Gasteiger partial charge in [-0.2, -0.15) is 0 Å². The first-order valence-electron chi connectivity index (χ1n) is 9.85. The van der Waals surface area contributed by atoms with Gasteiger partial charge in [0.05, 0.1) is 0 Å². The molecule has 2 rings (SSSR count).